The standard InChI is InChI=1S/C25H27N5O5/c1-16(24(32)33)10-11-26-23(31)14-30-13-17(28-29-30)12-27-25(34)35-15-22-20-8-4-2-6-18(20)19-7-3-5-9-21(19)22/h2-9,13,16,22H,10-12,14-15H2,1H3,(H,26,31)(H,27,34)(H,32,33). The topological polar surface area (TPSA) is 135 Å². The lowest BCUT2D eigenvalue weighted by Crippen LogP contribution is -2.30. The number of carboxylic acid groups (broad SMARTS) is 1. The smallest absolute Gasteiger partial charge is 0.407 e. The Morgan fingerprint density at radius 3 is 2.37 bits per heavy atom. The molecule has 0 spiro atoms. The number of aliphatic carboxylic acids is 1. The number of nitrogens with one attached hydrogen (secondary N) is 2. The minimum atomic E-state index is -0.899. The Balaban J connectivity index is 1.22. The van der Waals surface area contributed by atoms with Gasteiger partial charge in [0.15, 0.2) is 0 Å². The summed E-state index contributed by atoms with van der Waals surface area (Å²) in [4.78, 5) is 35.1. The number of fused-ring (bicyclic) bond motifs is 3. The summed E-state index contributed by atoms with van der Waals surface area (Å²) in [6, 6.07) is 16.2. The second kappa shape index (κ2) is 10.8. The third kappa shape index (κ3) is 5.84. The van der Waals surface area contributed by atoms with Gasteiger partial charge in [0.1, 0.15) is 18.8 Å². The summed E-state index contributed by atoms with van der Waals surface area (Å²) in [6.45, 7) is 2.11. The molecule has 1 atom stereocenters. The van der Waals surface area contributed by atoms with Crippen LogP contribution < -0.4 is 10.6 Å². The molecule has 0 saturated heterocycles. The normalized spacial score (nSPS) is 12.9. The van der Waals surface area contributed by atoms with Gasteiger partial charge in [-0.1, -0.05) is 60.7 Å². The van der Waals surface area contributed by atoms with Gasteiger partial charge in [-0.15, -0.1) is 5.10 Å². The zero-order valence-corrected chi connectivity index (χ0v) is 19.3. The van der Waals surface area contributed by atoms with Crippen LogP contribution in [0.1, 0.15) is 36.1 Å². The molecule has 182 valence electrons. The third-order valence-corrected chi connectivity index (χ3v) is 5.97. The fraction of sp³-hybridized carbons (Fsp3) is 0.320. The predicted octanol–water partition coefficient (Wildman–Crippen LogP) is 2.54. The summed E-state index contributed by atoms with van der Waals surface area (Å²) < 4.78 is 6.85. The maximum absolute atomic E-state index is 12.3. The van der Waals surface area contributed by atoms with Crippen molar-refractivity contribution < 1.29 is 24.2 Å². The Kier molecular flexibility index (Phi) is 7.39. The highest BCUT2D eigenvalue weighted by Crippen LogP contribution is 2.44. The highest BCUT2D eigenvalue weighted by atomic mass is 16.5. The minimum Gasteiger partial charge on any atom is -0.481 e. The van der Waals surface area contributed by atoms with Crippen LogP contribution in [0.4, 0.5) is 4.79 Å². The van der Waals surface area contributed by atoms with Crippen LogP contribution in [0.15, 0.2) is 54.7 Å². The van der Waals surface area contributed by atoms with Gasteiger partial charge in [-0.2, -0.15) is 0 Å². The van der Waals surface area contributed by atoms with Gasteiger partial charge in [-0.3, -0.25) is 9.59 Å². The highest BCUT2D eigenvalue weighted by molar-refractivity contribution is 5.79. The number of hydrogen-bond donors (Lipinski definition) is 3. The maximum atomic E-state index is 12.3. The Hall–Kier alpha value is -4.21. The van der Waals surface area contributed by atoms with Gasteiger partial charge in [0.25, 0.3) is 0 Å². The molecule has 1 unspecified atom stereocenters. The Morgan fingerprint density at radius 1 is 1.06 bits per heavy atom. The average Bonchev–Trinajstić information content (AvgIpc) is 3.43. The first-order valence-electron chi connectivity index (χ1n) is 11.4. The molecule has 1 heterocycles. The summed E-state index contributed by atoms with van der Waals surface area (Å²) in [6.07, 6.45) is 1.34. The fourth-order valence-corrected chi connectivity index (χ4v) is 4.06. The van der Waals surface area contributed by atoms with Gasteiger partial charge in [0.05, 0.1) is 18.7 Å². The first kappa shape index (κ1) is 23.9. The number of amides is 2. The van der Waals surface area contributed by atoms with E-state index in [4.69, 9.17) is 9.84 Å². The number of carboxylic acids is 1. The second-order valence-electron chi connectivity index (χ2n) is 8.46. The van der Waals surface area contributed by atoms with E-state index < -0.39 is 18.0 Å². The molecule has 0 aliphatic heterocycles. The highest BCUT2D eigenvalue weighted by Gasteiger charge is 2.29. The number of benzene rings is 2. The van der Waals surface area contributed by atoms with Crippen LogP contribution in [0.25, 0.3) is 11.1 Å². The molecular formula is C25H27N5O5. The zero-order valence-electron chi connectivity index (χ0n) is 19.3. The number of carbonyl (C=O) groups excluding carboxylic acids is 2. The Bertz CT molecular complexity index is 1180. The number of nitrogens with zero attached hydrogens (tertiary/aromatic N) is 3. The molecule has 0 radical (unpaired) electrons. The van der Waals surface area contributed by atoms with Crippen molar-refractivity contribution in [3.8, 4) is 11.1 Å². The van der Waals surface area contributed by atoms with E-state index in [0.29, 0.717) is 12.1 Å². The van der Waals surface area contributed by atoms with E-state index in [2.05, 4.69) is 45.2 Å². The minimum absolute atomic E-state index is 0.0222. The largest absolute Gasteiger partial charge is 0.481 e. The lowest BCUT2D eigenvalue weighted by molar-refractivity contribution is -0.141. The van der Waals surface area contributed by atoms with E-state index >= 15 is 0 Å². The van der Waals surface area contributed by atoms with E-state index in [-0.39, 0.29) is 38.1 Å². The van der Waals surface area contributed by atoms with Gasteiger partial charge in [-0.05, 0) is 28.7 Å². The van der Waals surface area contributed by atoms with Crippen molar-refractivity contribution in [1.82, 2.24) is 25.6 Å². The van der Waals surface area contributed by atoms with Crippen molar-refractivity contribution in [2.24, 2.45) is 5.92 Å². The summed E-state index contributed by atoms with van der Waals surface area (Å²) in [7, 11) is 0. The molecule has 10 heteroatoms. The van der Waals surface area contributed by atoms with E-state index in [1.807, 2.05) is 24.3 Å². The van der Waals surface area contributed by atoms with Gasteiger partial charge >= 0.3 is 12.1 Å². The lowest BCUT2D eigenvalue weighted by atomic mass is 9.98. The molecule has 0 fully saturated rings. The van der Waals surface area contributed by atoms with Crippen LogP contribution >= 0.6 is 0 Å². The number of carbonyl (C=O) groups is 3. The van der Waals surface area contributed by atoms with Crippen LogP contribution in [-0.2, 0) is 27.4 Å². The maximum Gasteiger partial charge on any atom is 0.407 e. The average molecular weight is 478 g/mol. The van der Waals surface area contributed by atoms with E-state index in [1.165, 1.54) is 4.68 Å². The summed E-state index contributed by atoms with van der Waals surface area (Å²) in [5, 5.41) is 22.0. The zero-order chi connectivity index (χ0) is 24.8. The first-order chi connectivity index (χ1) is 16.9. The number of hydrogen-bond acceptors (Lipinski definition) is 6. The fourth-order valence-electron chi connectivity index (χ4n) is 4.06. The molecule has 1 aliphatic carbocycles. The van der Waals surface area contributed by atoms with Crippen LogP contribution in [0.5, 0.6) is 0 Å². The molecule has 2 aromatic carbocycles. The molecule has 2 amide bonds. The SMILES string of the molecule is CC(CCNC(=O)Cn1cc(CNC(=O)OCC2c3ccccc3-c3ccccc32)nn1)C(=O)O. The lowest BCUT2D eigenvalue weighted by Gasteiger charge is -2.14. The Morgan fingerprint density at radius 2 is 1.71 bits per heavy atom. The van der Waals surface area contributed by atoms with Crippen molar-refractivity contribution >= 4 is 18.0 Å². The van der Waals surface area contributed by atoms with Crippen LogP contribution in [0.2, 0.25) is 0 Å². The van der Waals surface area contributed by atoms with Crippen LogP contribution in [0, 0.1) is 5.92 Å². The van der Waals surface area contributed by atoms with Crippen molar-refractivity contribution in [1.29, 1.82) is 0 Å². The molecule has 35 heavy (non-hydrogen) atoms. The van der Waals surface area contributed by atoms with E-state index in [0.717, 1.165) is 22.3 Å². The van der Waals surface area contributed by atoms with Crippen LogP contribution in [-0.4, -0.2) is 51.2 Å². The number of aromatic nitrogens is 3. The third-order valence-electron chi connectivity index (χ3n) is 5.97. The number of ether oxygens (including phenoxy) is 1. The molecule has 4 rings (SSSR count). The molecule has 1 aliphatic rings. The van der Waals surface area contributed by atoms with Gasteiger partial charge in [-0.25, -0.2) is 9.48 Å². The summed E-state index contributed by atoms with van der Waals surface area (Å²) in [5.41, 5.74) is 5.08. The number of rotatable bonds is 10. The predicted molar refractivity (Wildman–Crippen MR) is 126 cm³/mol. The summed E-state index contributed by atoms with van der Waals surface area (Å²) >= 11 is 0. The first-order valence-corrected chi connectivity index (χ1v) is 11.4. The van der Waals surface area contributed by atoms with Crippen molar-refractivity contribution in [3.63, 3.8) is 0 Å². The number of alkyl carbamates (subject to hydrolysis) is 1. The molecule has 0 bridgehead atoms. The van der Waals surface area contributed by atoms with Crippen molar-refractivity contribution in [2.45, 2.75) is 32.4 Å². The molecule has 10 nitrogen and oxygen atoms in total. The Labute approximate surface area is 202 Å². The van der Waals surface area contributed by atoms with Gasteiger partial charge in [0, 0.05) is 12.5 Å². The molecule has 3 N–H and O–H groups in total. The molecule has 3 aromatic rings. The summed E-state index contributed by atoms with van der Waals surface area (Å²) in [5.74, 6) is -1.75. The van der Waals surface area contributed by atoms with Gasteiger partial charge < -0.3 is 20.5 Å². The van der Waals surface area contributed by atoms with Gasteiger partial charge in [0.2, 0.25) is 5.91 Å². The van der Waals surface area contributed by atoms with E-state index in [1.54, 1.807) is 13.1 Å². The van der Waals surface area contributed by atoms with Crippen LogP contribution in [0.3, 0.4) is 0 Å². The van der Waals surface area contributed by atoms with Crippen molar-refractivity contribution in [3.05, 3.63) is 71.5 Å². The molecule has 0 saturated carbocycles. The van der Waals surface area contributed by atoms with E-state index in [9.17, 15) is 14.4 Å². The second-order valence-corrected chi connectivity index (χ2v) is 8.46. The van der Waals surface area contributed by atoms with Crippen molar-refractivity contribution in [2.75, 3.05) is 13.2 Å². The quantitative estimate of drug-likeness (QED) is 0.408. The molecule has 1 aromatic heterocycles. The monoisotopic (exact) mass is 477 g/mol. The molecular weight excluding hydrogens is 450 g/mol.